The monoisotopic (exact) mass is 407 g/mol. The number of piperidine rings is 1. The normalized spacial score (nSPS) is 17.8. The van der Waals surface area contributed by atoms with E-state index in [9.17, 15) is 13.2 Å². The largest absolute Gasteiger partial charge is 0.350 e. The molecule has 1 fully saturated rings. The van der Waals surface area contributed by atoms with Gasteiger partial charge >= 0.3 is 0 Å². The number of carbonyl (C=O) groups is 1. The maximum atomic E-state index is 13.0. The minimum Gasteiger partial charge on any atom is -0.350 e. The van der Waals surface area contributed by atoms with Crippen LogP contribution in [0.15, 0.2) is 46.7 Å². The second-order valence-corrected chi connectivity index (χ2v) is 9.65. The van der Waals surface area contributed by atoms with Gasteiger partial charge in [0.2, 0.25) is 10.0 Å². The first-order valence-corrected chi connectivity index (χ1v) is 11.4. The van der Waals surface area contributed by atoms with Crippen molar-refractivity contribution in [3.63, 3.8) is 0 Å². The van der Waals surface area contributed by atoms with Crippen molar-refractivity contribution in [2.24, 2.45) is 0 Å². The minimum atomic E-state index is -3.75. The molecule has 0 radical (unpaired) electrons. The van der Waals surface area contributed by atoms with Crippen LogP contribution in [0.4, 0.5) is 0 Å². The molecule has 1 aromatic heterocycles. The molecule has 27 heavy (non-hydrogen) atoms. The molecule has 6 nitrogen and oxygen atoms in total. The Kier molecular flexibility index (Phi) is 6.64. The molecule has 0 bridgehead atoms. The summed E-state index contributed by atoms with van der Waals surface area (Å²) in [7, 11) is -2.21. The summed E-state index contributed by atoms with van der Waals surface area (Å²) in [5.41, 5.74) is 0.896. The fraction of sp³-hybridized carbons (Fsp3) is 0.421. The lowest BCUT2D eigenvalue weighted by atomic mass is 10.1. The van der Waals surface area contributed by atoms with Gasteiger partial charge in [-0.2, -0.15) is 4.31 Å². The van der Waals surface area contributed by atoms with Crippen molar-refractivity contribution in [2.75, 3.05) is 20.1 Å². The molecule has 1 amide bonds. The van der Waals surface area contributed by atoms with Crippen molar-refractivity contribution in [3.8, 4) is 0 Å². The summed E-state index contributed by atoms with van der Waals surface area (Å²) >= 11 is 1.16. The van der Waals surface area contributed by atoms with Crippen LogP contribution in [-0.2, 0) is 16.6 Å². The first kappa shape index (κ1) is 20.0. The van der Waals surface area contributed by atoms with Gasteiger partial charge in [0, 0.05) is 26.2 Å². The van der Waals surface area contributed by atoms with Crippen LogP contribution in [0.2, 0.25) is 0 Å². The zero-order valence-electron chi connectivity index (χ0n) is 15.3. The van der Waals surface area contributed by atoms with Crippen LogP contribution in [0.5, 0.6) is 0 Å². The Morgan fingerprint density at radius 1 is 1.26 bits per heavy atom. The summed E-state index contributed by atoms with van der Waals surface area (Å²) in [5.74, 6) is -0.330. The third-order valence-corrected chi connectivity index (χ3v) is 7.58. The number of sulfonamides is 1. The third kappa shape index (κ3) is 4.95. The topological polar surface area (TPSA) is 78.5 Å². The molecule has 0 saturated carbocycles. The SMILES string of the molecule is CN(Cc1ccccc1)S(=O)(=O)c1ccsc1C(=O)NC[C@H]1CCCCN1. The van der Waals surface area contributed by atoms with Gasteiger partial charge in [0.05, 0.1) is 0 Å². The minimum absolute atomic E-state index is 0.0695. The quantitative estimate of drug-likeness (QED) is 0.739. The summed E-state index contributed by atoms with van der Waals surface area (Å²) in [6.45, 7) is 1.73. The van der Waals surface area contributed by atoms with Crippen molar-refractivity contribution < 1.29 is 13.2 Å². The summed E-state index contributed by atoms with van der Waals surface area (Å²) in [5, 5.41) is 7.90. The molecule has 1 aliphatic rings. The number of hydrogen-bond acceptors (Lipinski definition) is 5. The first-order valence-electron chi connectivity index (χ1n) is 9.08. The first-order chi connectivity index (χ1) is 13.0. The van der Waals surface area contributed by atoms with Crippen LogP contribution in [0.25, 0.3) is 0 Å². The molecule has 2 N–H and O–H groups in total. The molecule has 1 aliphatic heterocycles. The van der Waals surface area contributed by atoms with Gasteiger partial charge in [-0.1, -0.05) is 36.8 Å². The van der Waals surface area contributed by atoms with E-state index in [1.165, 1.54) is 17.4 Å². The van der Waals surface area contributed by atoms with Crippen molar-refractivity contribution >= 4 is 27.3 Å². The highest BCUT2D eigenvalue weighted by Gasteiger charge is 2.28. The zero-order valence-corrected chi connectivity index (χ0v) is 17.0. The average molecular weight is 408 g/mol. The van der Waals surface area contributed by atoms with Crippen molar-refractivity contribution in [2.45, 2.75) is 36.7 Å². The molecule has 1 saturated heterocycles. The van der Waals surface area contributed by atoms with Crippen LogP contribution >= 0.6 is 11.3 Å². The van der Waals surface area contributed by atoms with E-state index in [4.69, 9.17) is 0 Å². The molecule has 0 aliphatic carbocycles. The lowest BCUT2D eigenvalue weighted by Gasteiger charge is -2.23. The molecule has 0 spiro atoms. The second-order valence-electron chi connectivity index (χ2n) is 6.72. The third-order valence-electron chi connectivity index (χ3n) is 4.69. The molecule has 3 rings (SSSR count). The maximum Gasteiger partial charge on any atom is 0.262 e. The van der Waals surface area contributed by atoms with E-state index in [1.807, 2.05) is 30.3 Å². The Morgan fingerprint density at radius 2 is 2.04 bits per heavy atom. The van der Waals surface area contributed by atoms with Gasteiger partial charge < -0.3 is 10.6 Å². The maximum absolute atomic E-state index is 13.0. The predicted molar refractivity (Wildman–Crippen MR) is 107 cm³/mol. The van der Waals surface area contributed by atoms with E-state index >= 15 is 0 Å². The number of thiophene rings is 1. The van der Waals surface area contributed by atoms with E-state index in [2.05, 4.69) is 10.6 Å². The highest BCUT2D eigenvalue weighted by Crippen LogP contribution is 2.25. The van der Waals surface area contributed by atoms with Gasteiger partial charge in [-0.3, -0.25) is 4.79 Å². The van der Waals surface area contributed by atoms with Gasteiger partial charge in [-0.05, 0) is 36.4 Å². The number of nitrogens with one attached hydrogen (secondary N) is 2. The smallest absolute Gasteiger partial charge is 0.262 e. The van der Waals surface area contributed by atoms with Crippen LogP contribution in [0.1, 0.15) is 34.5 Å². The van der Waals surface area contributed by atoms with Crippen molar-refractivity contribution in [1.82, 2.24) is 14.9 Å². The molecule has 146 valence electrons. The summed E-state index contributed by atoms with van der Waals surface area (Å²) in [6, 6.07) is 11.2. The molecule has 1 aromatic carbocycles. The summed E-state index contributed by atoms with van der Waals surface area (Å²) in [6.07, 6.45) is 3.33. The van der Waals surface area contributed by atoms with Crippen LogP contribution in [-0.4, -0.2) is 44.8 Å². The lowest BCUT2D eigenvalue weighted by Crippen LogP contribution is -2.43. The summed E-state index contributed by atoms with van der Waals surface area (Å²) < 4.78 is 27.2. The number of rotatable bonds is 7. The lowest BCUT2D eigenvalue weighted by molar-refractivity contribution is 0.0948. The number of benzene rings is 1. The number of nitrogens with zero attached hydrogens (tertiary/aromatic N) is 1. The Hall–Kier alpha value is -1.74. The van der Waals surface area contributed by atoms with Crippen LogP contribution < -0.4 is 10.6 Å². The van der Waals surface area contributed by atoms with Gasteiger partial charge in [0.1, 0.15) is 9.77 Å². The van der Waals surface area contributed by atoms with Gasteiger partial charge in [0.25, 0.3) is 5.91 Å². The highest BCUT2D eigenvalue weighted by molar-refractivity contribution is 7.89. The van der Waals surface area contributed by atoms with Crippen molar-refractivity contribution in [3.05, 3.63) is 52.2 Å². The fourth-order valence-electron chi connectivity index (χ4n) is 3.15. The Balaban J connectivity index is 1.69. The van der Waals surface area contributed by atoms with E-state index in [0.29, 0.717) is 6.54 Å². The second kappa shape index (κ2) is 8.97. The molecule has 2 heterocycles. The van der Waals surface area contributed by atoms with E-state index in [1.54, 1.807) is 5.38 Å². The van der Waals surface area contributed by atoms with Gasteiger partial charge in [-0.15, -0.1) is 11.3 Å². The van der Waals surface area contributed by atoms with Crippen molar-refractivity contribution in [1.29, 1.82) is 0 Å². The molecule has 2 aromatic rings. The van der Waals surface area contributed by atoms with Gasteiger partial charge in [-0.25, -0.2) is 8.42 Å². The molecule has 1 atom stereocenters. The standard InChI is InChI=1S/C19H25N3O3S2/c1-22(14-15-7-3-2-4-8-15)27(24,25)17-10-12-26-18(17)19(23)21-13-16-9-5-6-11-20-16/h2-4,7-8,10,12,16,20H,5-6,9,11,13-14H2,1H3,(H,21,23)/t16-/m1/s1. The highest BCUT2D eigenvalue weighted by atomic mass is 32.2. The Morgan fingerprint density at radius 3 is 2.74 bits per heavy atom. The Labute approximate surface area is 164 Å². The average Bonchev–Trinajstić information content (AvgIpc) is 3.18. The number of amides is 1. The van der Waals surface area contributed by atoms with Gasteiger partial charge in [0.15, 0.2) is 0 Å². The van der Waals surface area contributed by atoms with E-state index < -0.39 is 10.0 Å². The summed E-state index contributed by atoms with van der Waals surface area (Å²) in [4.78, 5) is 12.9. The molecule has 0 unspecified atom stereocenters. The molecular weight excluding hydrogens is 382 g/mol. The van der Waals surface area contributed by atoms with E-state index in [0.717, 1.165) is 42.7 Å². The fourth-order valence-corrected chi connectivity index (χ4v) is 5.63. The number of carbonyl (C=O) groups excluding carboxylic acids is 1. The number of hydrogen-bond donors (Lipinski definition) is 2. The predicted octanol–water partition coefficient (Wildman–Crippen LogP) is 2.44. The zero-order chi connectivity index (χ0) is 19.3. The molecular formula is C19H25N3O3S2. The Bertz CT molecular complexity index is 859. The molecule has 8 heteroatoms. The van der Waals surface area contributed by atoms with E-state index in [-0.39, 0.29) is 28.3 Å². The van der Waals surface area contributed by atoms with Crippen LogP contribution in [0.3, 0.4) is 0 Å². The van der Waals surface area contributed by atoms with Crippen LogP contribution in [0, 0.1) is 0 Å².